The number of hydrogen-bond acceptors (Lipinski definition) is 2. The van der Waals surface area contributed by atoms with Gasteiger partial charge in [-0.15, -0.1) is 22.9 Å². The van der Waals surface area contributed by atoms with Gasteiger partial charge in [-0.2, -0.15) is 0 Å². The Labute approximate surface area is 109 Å². The van der Waals surface area contributed by atoms with Gasteiger partial charge in [-0.3, -0.25) is 4.79 Å². The van der Waals surface area contributed by atoms with E-state index in [4.69, 9.17) is 23.2 Å². The molecule has 2 heterocycles. The molecule has 88 valence electrons. The molecular formula is C11H13Cl2NOS. The first-order valence-electron chi connectivity index (χ1n) is 5.26. The van der Waals surface area contributed by atoms with E-state index in [9.17, 15) is 4.79 Å². The van der Waals surface area contributed by atoms with Crippen LogP contribution >= 0.6 is 34.5 Å². The molecule has 1 amide bonds. The van der Waals surface area contributed by atoms with Crippen molar-refractivity contribution in [3.63, 3.8) is 0 Å². The van der Waals surface area contributed by atoms with Gasteiger partial charge in [0.05, 0.1) is 9.21 Å². The van der Waals surface area contributed by atoms with Gasteiger partial charge >= 0.3 is 0 Å². The van der Waals surface area contributed by atoms with E-state index in [0.29, 0.717) is 15.1 Å². The van der Waals surface area contributed by atoms with Crippen LogP contribution in [-0.4, -0.2) is 29.3 Å². The second kappa shape index (κ2) is 4.94. The van der Waals surface area contributed by atoms with Gasteiger partial charge in [-0.05, 0) is 24.5 Å². The minimum Gasteiger partial charge on any atom is -0.338 e. The van der Waals surface area contributed by atoms with Crippen LogP contribution in [0.15, 0.2) is 12.1 Å². The van der Waals surface area contributed by atoms with E-state index >= 15 is 0 Å². The topological polar surface area (TPSA) is 20.3 Å². The highest BCUT2D eigenvalue weighted by Gasteiger charge is 2.28. The molecule has 0 aliphatic carbocycles. The van der Waals surface area contributed by atoms with Gasteiger partial charge in [0.15, 0.2) is 0 Å². The Morgan fingerprint density at radius 3 is 2.88 bits per heavy atom. The number of hydrogen-bond donors (Lipinski definition) is 0. The van der Waals surface area contributed by atoms with Gasteiger partial charge in [-0.25, -0.2) is 0 Å². The van der Waals surface area contributed by atoms with Crippen LogP contribution in [-0.2, 0) is 0 Å². The fourth-order valence-electron chi connectivity index (χ4n) is 1.89. The number of thiophene rings is 1. The Morgan fingerprint density at radius 2 is 2.31 bits per heavy atom. The van der Waals surface area contributed by atoms with Crippen LogP contribution in [0, 0.1) is 5.92 Å². The number of nitrogens with zero attached hydrogens (tertiary/aromatic N) is 1. The van der Waals surface area contributed by atoms with E-state index in [1.54, 1.807) is 12.1 Å². The number of carbonyl (C=O) groups excluding carboxylic acids is 1. The maximum atomic E-state index is 12.1. The van der Waals surface area contributed by atoms with Crippen molar-refractivity contribution in [2.75, 3.05) is 13.1 Å². The highest BCUT2D eigenvalue weighted by atomic mass is 35.5. The number of piperidine rings is 1. The first-order valence-corrected chi connectivity index (χ1v) is 6.89. The molecule has 0 radical (unpaired) electrons. The molecule has 0 aromatic carbocycles. The average molecular weight is 278 g/mol. The Kier molecular flexibility index (Phi) is 3.77. The van der Waals surface area contributed by atoms with E-state index in [0.717, 1.165) is 19.5 Å². The molecule has 0 spiro atoms. The predicted octanol–water partition coefficient (Wildman–Crippen LogP) is 3.49. The molecule has 1 aromatic rings. The summed E-state index contributed by atoms with van der Waals surface area (Å²) in [5.41, 5.74) is 0. The average Bonchev–Trinajstić information content (AvgIpc) is 2.68. The third-order valence-electron chi connectivity index (χ3n) is 2.87. The molecule has 0 saturated carbocycles. The molecule has 0 bridgehead atoms. The van der Waals surface area contributed by atoms with Gasteiger partial charge in [0, 0.05) is 18.5 Å². The monoisotopic (exact) mass is 277 g/mol. The van der Waals surface area contributed by atoms with Crippen LogP contribution in [0.25, 0.3) is 0 Å². The Morgan fingerprint density at radius 1 is 1.56 bits per heavy atom. The summed E-state index contributed by atoms with van der Waals surface area (Å²) >= 11 is 13.3. The Hall–Kier alpha value is -0.250. The lowest BCUT2D eigenvalue weighted by Gasteiger charge is -2.33. The van der Waals surface area contributed by atoms with Crippen molar-refractivity contribution in [3.05, 3.63) is 21.3 Å². The predicted molar refractivity (Wildman–Crippen MR) is 68.7 cm³/mol. The molecule has 2 rings (SSSR count). The lowest BCUT2D eigenvalue weighted by atomic mass is 9.99. The van der Waals surface area contributed by atoms with E-state index < -0.39 is 0 Å². The third kappa shape index (κ3) is 2.53. The van der Waals surface area contributed by atoms with Gasteiger partial charge in [-0.1, -0.05) is 18.5 Å². The fraction of sp³-hybridized carbons (Fsp3) is 0.545. The molecule has 1 fully saturated rings. The summed E-state index contributed by atoms with van der Waals surface area (Å²) < 4.78 is 0.656. The molecular weight excluding hydrogens is 265 g/mol. The molecule has 1 aliphatic rings. The molecule has 2 nitrogen and oxygen atoms in total. The second-order valence-corrected chi connectivity index (χ2v) is 6.41. The summed E-state index contributed by atoms with van der Waals surface area (Å²) in [5, 5.41) is 0.191. The van der Waals surface area contributed by atoms with Gasteiger partial charge < -0.3 is 4.90 Å². The van der Waals surface area contributed by atoms with Crippen molar-refractivity contribution >= 4 is 40.4 Å². The lowest BCUT2D eigenvalue weighted by Crippen LogP contribution is -2.43. The number of amides is 1. The SMILES string of the molecule is CC1CN(C(=O)c2ccc(Cl)s2)CCC1Cl. The minimum atomic E-state index is 0.0762. The molecule has 2 unspecified atom stereocenters. The first kappa shape index (κ1) is 12.2. The molecule has 2 atom stereocenters. The van der Waals surface area contributed by atoms with Crippen molar-refractivity contribution in [1.29, 1.82) is 0 Å². The van der Waals surface area contributed by atoms with E-state index in [2.05, 4.69) is 6.92 Å². The number of rotatable bonds is 1. The van der Waals surface area contributed by atoms with Crippen molar-refractivity contribution < 1.29 is 4.79 Å². The number of alkyl halides is 1. The van der Waals surface area contributed by atoms with Crippen LogP contribution in [0.3, 0.4) is 0 Å². The zero-order chi connectivity index (χ0) is 11.7. The largest absolute Gasteiger partial charge is 0.338 e. The molecule has 16 heavy (non-hydrogen) atoms. The smallest absolute Gasteiger partial charge is 0.263 e. The minimum absolute atomic E-state index is 0.0762. The van der Waals surface area contributed by atoms with E-state index in [1.165, 1.54) is 11.3 Å². The Balaban J connectivity index is 2.06. The molecule has 5 heteroatoms. The zero-order valence-corrected chi connectivity index (χ0v) is 11.3. The van der Waals surface area contributed by atoms with Crippen molar-refractivity contribution in [1.82, 2.24) is 4.90 Å². The number of carbonyl (C=O) groups is 1. The standard InChI is InChI=1S/C11H13Cl2NOS/c1-7-6-14(5-4-8(7)12)11(15)9-2-3-10(13)16-9/h2-3,7-8H,4-6H2,1H3. The second-order valence-electron chi connectivity index (χ2n) is 4.14. The molecule has 0 N–H and O–H groups in total. The molecule has 1 aliphatic heterocycles. The summed E-state index contributed by atoms with van der Waals surface area (Å²) in [6, 6.07) is 3.55. The van der Waals surface area contributed by atoms with Crippen molar-refractivity contribution in [2.24, 2.45) is 5.92 Å². The van der Waals surface area contributed by atoms with Crippen LogP contribution in [0.2, 0.25) is 4.34 Å². The summed E-state index contributed by atoms with van der Waals surface area (Å²) in [7, 11) is 0. The normalized spacial score (nSPS) is 25.8. The maximum Gasteiger partial charge on any atom is 0.263 e. The van der Waals surface area contributed by atoms with Crippen LogP contribution < -0.4 is 0 Å². The summed E-state index contributed by atoms with van der Waals surface area (Å²) in [4.78, 5) is 14.7. The van der Waals surface area contributed by atoms with Crippen LogP contribution in [0.1, 0.15) is 23.0 Å². The van der Waals surface area contributed by atoms with E-state index in [-0.39, 0.29) is 11.3 Å². The highest BCUT2D eigenvalue weighted by molar-refractivity contribution is 7.17. The third-order valence-corrected chi connectivity index (χ3v) is 4.74. The fourth-order valence-corrected chi connectivity index (χ4v) is 3.07. The van der Waals surface area contributed by atoms with Crippen LogP contribution in [0.5, 0.6) is 0 Å². The number of halogens is 2. The van der Waals surface area contributed by atoms with Gasteiger partial charge in [0.25, 0.3) is 5.91 Å². The van der Waals surface area contributed by atoms with Crippen LogP contribution in [0.4, 0.5) is 0 Å². The van der Waals surface area contributed by atoms with Gasteiger partial charge in [0.2, 0.25) is 0 Å². The Bertz CT molecular complexity index is 393. The summed E-state index contributed by atoms with van der Waals surface area (Å²) in [6.07, 6.45) is 0.869. The van der Waals surface area contributed by atoms with Crippen molar-refractivity contribution in [3.8, 4) is 0 Å². The molecule has 1 aromatic heterocycles. The summed E-state index contributed by atoms with van der Waals surface area (Å²) in [6.45, 7) is 3.56. The highest BCUT2D eigenvalue weighted by Crippen LogP contribution is 2.26. The van der Waals surface area contributed by atoms with E-state index in [1.807, 2.05) is 4.90 Å². The first-order chi connectivity index (χ1) is 7.58. The maximum absolute atomic E-state index is 12.1. The zero-order valence-electron chi connectivity index (χ0n) is 8.95. The van der Waals surface area contributed by atoms with Gasteiger partial charge in [0.1, 0.15) is 0 Å². The lowest BCUT2D eigenvalue weighted by molar-refractivity contribution is 0.0692. The summed E-state index contributed by atoms with van der Waals surface area (Å²) in [5.74, 6) is 0.433. The number of likely N-dealkylation sites (tertiary alicyclic amines) is 1. The quantitative estimate of drug-likeness (QED) is 0.720. The van der Waals surface area contributed by atoms with Crippen molar-refractivity contribution in [2.45, 2.75) is 18.7 Å². The molecule has 1 saturated heterocycles.